The number of hydrogen-bond donors (Lipinski definition) is 2. The molecule has 0 aromatic carbocycles. The Labute approximate surface area is 162 Å². The molecular weight excluding hydrogens is 374 g/mol. The summed E-state index contributed by atoms with van der Waals surface area (Å²) < 4.78 is 25.0. The molecule has 2 aromatic heterocycles. The minimum atomic E-state index is -2.25. The Hall–Kier alpha value is -1.99. The highest BCUT2D eigenvalue weighted by atomic mass is 35.5. The van der Waals surface area contributed by atoms with Gasteiger partial charge in [-0.25, -0.2) is 13.8 Å². The predicted molar refractivity (Wildman–Crippen MR) is 104 cm³/mol. The zero-order chi connectivity index (χ0) is 19.4. The largest absolute Gasteiger partial charge is 0.396 e. The average Bonchev–Trinajstić information content (AvgIpc) is 2.58. The molecule has 27 heavy (non-hydrogen) atoms. The molecule has 1 fully saturated rings. The second-order valence-electron chi connectivity index (χ2n) is 6.91. The Balaban J connectivity index is 1.79. The first-order valence-electron chi connectivity index (χ1n) is 8.98. The molecule has 146 valence electrons. The minimum Gasteiger partial charge on any atom is -0.396 e. The van der Waals surface area contributed by atoms with Gasteiger partial charge in [0.15, 0.2) is 0 Å². The van der Waals surface area contributed by atoms with E-state index in [1.165, 1.54) is 0 Å². The lowest BCUT2D eigenvalue weighted by Gasteiger charge is -2.41. The van der Waals surface area contributed by atoms with Crippen molar-refractivity contribution in [2.75, 3.05) is 29.9 Å². The third-order valence-electron chi connectivity index (χ3n) is 4.69. The lowest BCUT2D eigenvalue weighted by Crippen LogP contribution is -2.47. The molecule has 0 aliphatic carbocycles. The van der Waals surface area contributed by atoms with Gasteiger partial charge in [-0.3, -0.25) is 4.98 Å². The summed E-state index contributed by atoms with van der Waals surface area (Å²) in [6.07, 6.45) is 1.68. The molecular formula is C19H23ClF2N4O. The van der Waals surface area contributed by atoms with Crippen LogP contribution < -0.4 is 10.2 Å². The van der Waals surface area contributed by atoms with E-state index in [0.29, 0.717) is 24.7 Å². The van der Waals surface area contributed by atoms with Gasteiger partial charge in [0.1, 0.15) is 5.15 Å². The van der Waals surface area contributed by atoms with Crippen molar-refractivity contribution >= 4 is 23.0 Å². The Bertz CT molecular complexity index is 771. The number of nitrogens with zero attached hydrogens (tertiary/aromatic N) is 3. The zero-order valence-electron chi connectivity index (χ0n) is 15.1. The van der Waals surface area contributed by atoms with Crippen LogP contribution in [0.3, 0.4) is 0 Å². The smallest absolute Gasteiger partial charge is 0.239 e. The van der Waals surface area contributed by atoms with E-state index in [2.05, 4.69) is 20.2 Å². The molecule has 5 nitrogen and oxygen atoms in total. The van der Waals surface area contributed by atoms with E-state index in [9.17, 15) is 8.78 Å². The number of hydrogen-bond acceptors (Lipinski definition) is 5. The molecule has 3 heterocycles. The summed E-state index contributed by atoms with van der Waals surface area (Å²) in [5, 5.41) is 12.8. The molecule has 1 aliphatic rings. The van der Waals surface area contributed by atoms with E-state index in [-0.39, 0.29) is 25.0 Å². The maximum Gasteiger partial charge on any atom is 0.239 e. The fourth-order valence-corrected chi connectivity index (χ4v) is 3.39. The third-order valence-corrected chi connectivity index (χ3v) is 4.89. The number of alkyl halides is 2. The fraction of sp³-hybridized carbons (Fsp3) is 0.474. The number of pyridine rings is 2. The van der Waals surface area contributed by atoms with Crippen molar-refractivity contribution in [3.05, 3.63) is 35.7 Å². The van der Waals surface area contributed by atoms with E-state index in [4.69, 9.17) is 16.7 Å². The molecule has 0 amide bonds. The van der Waals surface area contributed by atoms with Gasteiger partial charge >= 0.3 is 0 Å². The molecule has 0 saturated carbocycles. The zero-order valence-corrected chi connectivity index (χ0v) is 15.8. The predicted octanol–water partition coefficient (Wildman–Crippen LogP) is 4.07. The highest BCUT2D eigenvalue weighted by Gasteiger charge is 2.29. The van der Waals surface area contributed by atoms with Gasteiger partial charge < -0.3 is 15.3 Å². The van der Waals surface area contributed by atoms with Gasteiger partial charge in [-0.05, 0) is 37.5 Å². The van der Waals surface area contributed by atoms with Crippen LogP contribution in [-0.4, -0.2) is 47.2 Å². The first-order valence-corrected chi connectivity index (χ1v) is 9.36. The minimum absolute atomic E-state index is 0.0374. The number of rotatable bonds is 8. The van der Waals surface area contributed by atoms with E-state index in [0.717, 1.165) is 22.6 Å². The maximum absolute atomic E-state index is 12.5. The average molecular weight is 397 g/mol. The lowest BCUT2D eigenvalue weighted by molar-refractivity contribution is 0.107. The van der Waals surface area contributed by atoms with Crippen molar-refractivity contribution in [3.8, 4) is 11.3 Å². The van der Waals surface area contributed by atoms with Gasteiger partial charge in [0.25, 0.3) is 0 Å². The number of aromatic nitrogens is 2. The first-order chi connectivity index (χ1) is 13.0. The number of aliphatic hydroxyl groups excluding tert-OH is 1. The third kappa shape index (κ3) is 5.05. The highest BCUT2D eigenvalue weighted by molar-refractivity contribution is 6.29. The van der Waals surface area contributed by atoms with Crippen LogP contribution in [0.25, 0.3) is 11.3 Å². The van der Waals surface area contributed by atoms with Crippen LogP contribution in [0.2, 0.25) is 5.15 Å². The highest BCUT2D eigenvalue weighted by Crippen LogP contribution is 2.33. The molecule has 0 bridgehead atoms. The topological polar surface area (TPSA) is 61.3 Å². The van der Waals surface area contributed by atoms with Gasteiger partial charge in [-0.15, -0.1) is 0 Å². The summed E-state index contributed by atoms with van der Waals surface area (Å²) in [6, 6.07) is 5.61. The van der Waals surface area contributed by atoms with Crippen LogP contribution in [-0.2, 0) is 0 Å². The summed E-state index contributed by atoms with van der Waals surface area (Å²) in [5.74, 6) is 0.0374. The van der Waals surface area contributed by atoms with Crippen LogP contribution in [0.15, 0.2) is 30.6 Å². The maximum atomic E-state index is 12.5. The summed E-state index contributed by atoms with van der Waals surface area (Å²) in [4.78, 5) is 10.7. The van der Waals surface area contributed by atoms with Crippen LogP contribution in [0.4, 0.5) is 20.2 Å². The first kappa shape index (κ1) is 19.8. The molecule has 1 saturated heterocycles. The fourth-order valence-electron chi connectivity index (χ4n) is 3.23. The van der Waals surface area contributed by atoms with E-state index in [1.807, 2.05) is 19.1 Å². The Morgan fingerprint density at radius 3 is 2.81 bits per heavy atom. The number of aliphatic hydroxyl groups is 1. The van der Waals surface area contributed by atoms with E-state index >= 15 is 0 Å². The SMILES string of the molecule is C[C@@H](CCO)Nc1cc(Cl)ncc1-c1cc(N2CC(CC(F)F)C2)ccn1. The summed E-state index contributed by atoms with van der Waals surface area (Å²) in [5.41, 5.74) is 3.28. The number of nitrogens with one attached hydrogen (secondary N) is 1. The molecule has 0 spiro atoms. The molecule has 3 rings (SSSR count). The van der Waals surface area contributed by atoms with Crippen molar-refractivity contribution in [1.29, 1.82) is 0 Å². The van der Waals surface area contributed by atoms with Crippen LogP contribution in [0.5, 0.6) is 0 Å². The molecule has 8 heteroatoms. The molecule has 2 aromatic rings. The summed E-state index contributed by atoms with van der Waals surface area (Å²) >= 11 is 6.05. The Morgan fingerprint density at radius 1 is 1.33 bits per heavy atom. The second kappa shape index (κ2) is 8.80. The van der Waals surface area contributed by atoms with Crippen LogP contribution >= 0.6 is 11.6 Å². The van der Waals surface area contributed by atoms with Crippen molar-refractivity contribution in [2.24, 2.45) is 5.92 Å². The van der Waals surface area contributed by atoms with Gasteiger partial charge in [0.2, 0.25) is 6.43 Å². The monoisotopic (exact) mass is 396 g/mol. The van der Waals surface area contributed by atoms with E-state index in [1.54, 1.807) is 18.5 Å². The molecule has 0 radical (unpaired) electrons. The van der Waals surface area contributed by atoms with E-state index < -0.39 is 6.43 Å². The van der Waals surface area contributed by atoms with Crippen LogP contribution in [0.1, 0.15) is 19.8 Å². The molecule has 1 aliphatic heterocycles. The van der Waals surface area contributed by atoms with Crippen molar-refractivity contribution in [3.63, 3.8) is 0 Å². The lowest BCUT2D eigenvalue weighted by atomic mass is 9.95. The van der Waals surface area contributed by atoms with Crippen LogP contribution in [0, 0.1) is 5.92 Å². The van der Waals surface area contributed by atoms with Crippen molar-refractivity contribution in [2.45, 2.75) is 32.2 Å². The second-order valence-corrected chi connectivity index (χ2v) is 7.29. The van der Waals surface area contributed by atoms with Crippen molar-refractivity contribution < 1.29 is 13.9 Å². The quantitative estimate of drug-likeness (QED) is 0.658. The standard InChI is InChI=1S/C19H23ClF2N4O/c1-12(3-5-27)25-17-8-18(20)24-9-15(17)16-7-14(2-4-23-16)26-10-13(11-26)6-19(21)22/h2,4,7-9,12-13,19,27H,3,5-6,10-11H2,1H3,(H,24,25)/t12-/m0/s1. The van der Waals surface area contributed by atoms with Gasteiger partial charge in [-0.1, -0.05) is 11.6 Å². The Kier molecular flexibility index (Phi) is 6.44. The summed E-state index contributed by atoms with van der Waals surface area (Å²) in [6.45, 7) is 3.32. The van der Waals surface area contributed by atoms with Crippen molar-refractivity contribution in [1.82, 2.24) is 9.97 Å². The molecule has 2 N–H and O–H groups in total. The van der Waals surface area contributed by atoms with Gasteiger partial charge in [0.05, 0.1) is 5.69 Å². The molecule has 1 atom stereocenters. The molecule has 0 unspecified atom stereocenters. The van der Waals surface area contributed by atoms with Gasteiger partial charge in [-0.2, -0.15) is 0 Å². The normalized spacial score (nSPS) is 15.7. The number of anilines is 2. The summed E-state index contributed by atoms with van der Waals surface area (Å²) in [7, 11) is 0. The number of halogens is 3. The Morgan fingerprint density at radius 2 is 2.11 bits per heavy atom. The van der Waals surface area contributed by atoms with Gasteiger partial charge in [0, 0.05) is 61.5 Å².